The maximum atomic E-state index is 13.0. The number of hydrogen-bond acceptors (Lipinski definition) is 4. The number of aliphatic hydroxyl groups excluding tert-OH is 1. The van der Waals surface area contributed by atoms with Gasteiger partial charge in [0.05, 0.1) is 18.2 Å². The molecule has 30 heavy (non-hydrogen) atoms. The van der Waals surface area contributed by atoms with Crippen LogP contribution < -0.4 is 4.74 Å². The zero-order chi connectivity index (χ0) is 21.7. The van der Waals surface area contributed by atoms with Crippen LogP contribution in [-0.2, 0) is 16.0 Å². The predicted octanol–water partition coefficient (Wildman–Crippen LogP) is 4.87. The van der Waals surface area contributed by atoms with Crippen LogP contribution in [-0.4, -0.2) is 34.8 Å². The lowest BCUT2D eigenvalue weighted by molar-refractivity contribution is -0.139. The summed E-state index contributed by atoms with van der Waals surface area (Å²) in [4.78, 5) is 27.4. The van der Waals surface area contributed by atoms with E-state index in [1.165, 1.54) is 5.56 Å². The lowest BCUT2D eigenvalue weighted by atomic mass is 9.94. The van der Waals surface area contributed by atoms with Crippen molar-refractivity contribution in [3.8, 4) is 5.75 Å². The minimum atomic E-state index is -0.644. The number of amides is 1. The molecule has 0 aliphatic carbocycles. The molecule has 1 saturated heterocycles. The highest BCUT2D eigenvalue weighted by Gasteiger charge is 2.45. The van der Waals surface area contributed by atoms with Gasteiger partial charge in [-0.1, -0.05) is 56.7 Å². The molecule has 1 fully saturated rings. The van der Waals surface area contributed by atoms with Gasteiger partial charge in [0.2, 0.25) is 0 Å². The van der Waals surface area contributed by atoms with Crippen LogP contribution in [0.5, 0.6) is 5.75 Å². The summed E-state index contributed by atoms with van der Waals surface area (Å²) in [5, 5.41) is 11.1. The summed E-state index contributed by atoms with van der Waals surface area (Å²) in [6, 6.07) is 14.3. The third kappa shape index (κ3) is 4.25. The van der Waals surface area contributed by atoms with Crippen molar-refractivity contribution >= 4 is 17.4 Å². The van der Waals surface area contributed by atoms with Gasteiger partial charge in [-0.25, -0.2) is 0 Å². The SMILES string of the molecule is CCCCN1C(=O)C(=O)/C(=C(\O)c2cccc(OCC)c2)C1c1ccc(CC)cc1. The van der Waals surface area contributed by atoms with E-state index in [1.807, 2.05) is 38.1 Å². The molecule has 2 aromatic rings. The number of rotatable bonds is 8. The lowest BCUT2D eigenvalue weighted by Gasteiger charge is -2.25. The molecule has 1 unspecified atom stereocenters. The Morgan fingerprint density at radius 1 is 1.07 bits per heavy atom. The number of nitrogens with zero attached hydrogens (tertiary/aromatic N) is 1. The number of aliphatic hydroxyl groups is 1. The highest BCUT2D eigenvalue weighted by molar-refractivity contribution is 6.46. The van der Waals surface area contributed by atoms with Crippen molar-refractivity contribution in [2.75, 3.05) is 13.2 Å². The van der Waals surface area contributed by atoms with Gasteiger partial charge in [-0.15, -0.1) is 0 Å². The quantitative estimate of drug-likeness (QED) is 0.385. The minimum Gasteiger partial charge on any atom is -0.507 e. The monoisotopic (exact) mass is 407 g/mol. The van der Waals surface area contributed by atoms with Crippen molar-refractivity contribution in [2.24, 2.45) is 0 Å². The van der Waals surface area contributed by atoms with Gasteiger partial charge in [0, 0.05) is 12.1 Å². The summed E-state index contributed by atoms with van der Waals surface area (Å²) in [5.74, 6) is -0.769. The van der Waals surface area contributed by atoms with Gasteiger partial charge in [-0.3, -0.25) is 9.59 Å². The highest BCUT2D eigenvalue weighted by atomic mass is 16.5. The maximum absolute atomic E-state index is 13.0. The fraction of sp³-hybridized carbons (Fsp3) is 0.360. The van der Waals surface area contributed by atoms with Gasteiger partial charge in [-0.05, 0) is 43.0 Å². The van der Waals surface area contributed by atoms with Crippen LogP contribution in [0.3, 0.4) is 0 Å². The standard InChI is InChI=1S/C25H29NO4/c1-4-7-15-26-22(18-13-11-17(5-2)12-14-18)21(24(28)25(26)29)23(27)19-9-8-10-20(16-19)30-6-3/h8-14,16,22,27H,4-7,15H2,1-3H3/b23-21-. The Labute approximate surface area is 178 Å². The number of ketones is 1. The molecule has 5 heteroatoms. The van der Waals surface area contributed by atoms with E-state index >= 15 is 0 Å². The summed E-state index contributed by atoms with van der Waals surface area (Å²) in [6.45, 7) is 6.97. The number of aryl methyl sites for hydroxylation is 1. The number of hydrogen-bond donors (Lipinski definition) is 1. The first kappa shape index (κ1) is 21.6. The molecule has 0 saturated carbocycles. The van der Waals surface area contributed by atoms with Gasteiger partial charge in [-0.2, -0.15) is 0 Å². The van der Waals surface area contributed by atoms with Crippen LogP contribution in [0.25, 0.3) is 5.76 Å². The maximum Gasteiger partial charge on any atom is 0.295 e. The molecule has 3 rings (SSSR count). The number of benzene rings is 2. The van der Waals surface area contributed by atoms with Crippen molar-refractivity contribution in [3.05, 3.63) is 70.8 Å². The molecule has 1 atom stereocenters. The molecule has 0 aromatic heterocycles. The molecule has 1 N–H and O–H groups in total. The summed E-state index contributed by atoms with van der Waals surface area (Å²) in [7, 11) is 0. The first-order valence-electron chi connectivity index (χ1n) is 10.6. The normalized spacial score (nSPS) is 18.1. The first-order valence-corrected chi connectivity index (χ1v) is 10.6. The summed E-state index contributed by atoms with van der Waals surface area (Å²) in [6.07, 6.45) is 2.60. The molecule has 2 aromatic carbocycles. The number of unbranched alkanes of at least 4 members (excludes halogenated alkanes) is 1. The second-order valence-corrected chi connectivity index (χ2v) is 7.40. The van der Waals surface area contributed by atoms with E-state index in [1.54, 1.807) is 29.2 Å². The van der Waals surface area contributed by atoms with Crippen molar-refractivity contribution in [2.45, 2.75) is 46.1 Å². The van der Waals surface area contributed by atoms with Crippen LogP contribution >= 0.6 is 0 Å². The Morgan fingerprint density at radius 2 is 1.80 bits per heavy atom. The second-order valence-electron chi connectivity index (χ2n) is 7.40. The molecule has 0 radical (unpaired) electrons. The molecule has 1 aliphatic heterocycles. The summed E-state index contributed by atoms with van der Waals surface area (Å²) >= 11 is 0. The Bertz CT molecular complexity index is 946. The van der Waals surface area contributed by atoms with E-state index in [-0.39, 0.29) is 11.3 Å². The number of carbonyl (C=O) groups is 2. The van der Waals surface area contributed by atoms with E-state index < -0.39 is 17.7 Å². The molecule has 0 bridgehead atoms. The van der Waals surface area contributed by atoms with Crippen LogP contribution in [0.4, 0.5) is 0 Å². The van der Waals surface area contributed by atoms with E-state index in [4.69, 9.17) is 4.74 Å². The Morgan fingerprint density at radius 3 is 2.43 bits per heavy atom. The predicted molar refractivity (Wildman–Crippen MR) is 117 cm³/mol. The van der Waals surface area contributed by atoms with Crippen LogP contribution in [0.15, 0.2) is 54.1 Å². The lowest BCUT2D eigenvalue weighted by Crippen LogP contribution is -2.30. The Balaban J connectivity index is 2.12. The van der Waals surface area contributed by atoms with Crippen LogP contribution in [0, 0.1) is 0 Å². The van der Waals surface area contributed by atoms with E-state index in [0.29, 0.717) is 24.5 Å². The third-order valence-electron chi connectivity index (χ3n) is 5.41. The van der Waals surface area contributed by atoms with E-state index in [0.717, 1.165) is 24.8 Å². The Kier molecular flexibility index (Phi) is 6.93. The molecule has 5 nitrogen and oxygen atoms in total. The number of Topliss-reactive ketones (excluding diaryl/α,β-unsaturated/α-hetero) is 1. The highest BCUT2D eigenvalue weighted by Crippen LogP contribution is 2.40. The second kappa shape index (κ2) is 9.61. The van der Waals surface area contributed by atoms with E-state index in [9.17, 15) is 14.7 Å². The van der Waals surface area contributed by atoms with Crippen LogP contribution in [0.2, 0.25) is 0 Å². The van der Waals surface area contributed by atoms with Crippen molar-refractivity contribution in [1.29, 1.82) is 0 Å². The average molecular weight is 408 g/mol. The van der Waals surface area contributed by atoms with Crippen LogP contribution in [0.1, 0.15) is 56.3 Å². The number of carbonyl (C=O) groups excluding carboxylic acids is 2. The fourth-order valence-corrected chi connectivity index (χ4v) is 3.78. The smallest absolute Gasteiger partial charge is 0.295 e. The largest absolute Gasteiger partial charge is 0.507 e. The van der Waals surface area contributed by atoms with Crippen molar-refractivity contribution in [1.82, 2.24) is 4.90 Å². The summed E-state index contributed by atoms with van der Waals surface area (Å²) < 4.78 is 5.52. The van der Waals surface area contributed by atoms with E-state index in [2.05, 4.69) is 6.92 Å². The Hall–Kier alpha value is -3.08. The third-order valence-corrected chi connectivity index (χ3v) is 5.41. The molecule has 158 valence electrons. The van der Waals surface area contributed by atoms with Crippen molar-refractivity contribution < 1.29 is 19.4 Å². The number of likely N-dealkylation sites (tertiary alicyclic amines) is 1. The van der Waals surface area contributed by atoms with Gasteiger partial charge < -0.3 is 14.7 Å². The molecular weight excluding hydrogens is 378 g/mol. The zero-order valence-electron chi connectivity index (χ0n) is 17.9. The molecular formula is C25H29NO4. The van der Waals surface area contributed by atoms with Gasteiger partial charge in [0.15, 0.2) is 0 Å². The molecule has 1 aliphatic rings. The fourth-order valence-electron chi connectivity index (χ4n) is 3.78. The molecule has 0 spiro atoms. The summed E-state index contributed by atoms with van der Waals surface area (Å²) in [5.41, 5.74) is 2.59. The van der Waals surface area contributed by atoms with Gasteiger partial charge >= 0.3 is 0 Å². The average Bonchev–Trinajstić information content (AvgIpc) is 3.02. The molecule has 1 heterocycles. The van der Waals surface area contributed by atoms with Crippen molar-refractivity contribution in [3.63, 3.8) is 0 Å². The van der Waals surface area contributed by atoms with Gasteiger partial charge in [0.1, 0.15) is 11.5 Å². The minimum absolute atomic E-state index is 0.133. The first-order chi connectivity index (χ1) is 14.5. The molecule has 1 amide bonds. The number of ether oxygens (including phenoxy) is 1. The zero-order valence-corrected chi connectivity index (χ0v) is 17.9. The van der Waals surface area contributed by atoms with Gasteiger partial charge in [0.25, 0.3) is 11.7 Å². The topological polar surface area (TPSA) is 66.8 Å².